The zero-order valence-electron chi connectivity index (χ0n) is 13.8. The van der Waals surface area contributed by atoms with Crippen LogP contribution < -0.4 is 4.74 Å². The van der Waals surface area contributed by atoms with Crippen molar-refractivity contribution in [2.75, 3.05) is 0 Å². The van der Waals surface area contributed by atoms with Gasteiger partial charge >= 0.3 is 5.97 Å². The maximum Gasteiger partial charge on any atom is 0.343 e. The van der Waals surface area contributed by atoms with Crippen molar-refractivity contribution in [3.05, 3.63) is 102 Å². The molecule has 1 aliphatic heterocycles. The molecular weight excluding hydrogens is 326 g/mol. The normalized spacial score (nSPS) is 14.8. The molecule has 0 bridgehead atoms. The molecule has 0 saturated carbocycles. The van der Waals surface area contributed by atoms with Gasteiger partial charge in [0.15, 0.2) is 0 Å². The highest BCUT2D eigenvalue weighted by atomic mass is 16.5. The highest BCUT2D eigenvalue weighted by molar-refractivity contribution is 6.05. The Morgan fingerprint density at radius 3 is 2.38 bits per heavy atom. The van der Waals surface area contributed by atoms with Gasteiger partial charge in [0, 0.05) is 18.0 Å². The van der Waals surface area contributed by atoms with Gasteiger partial charge in [-0.1, -0.05) is 24.3 Å². The first-order chi connectivity index (χ1) is 12.8. The molecule has 0 aliphatic carbocycles. The maximum atomic E-state index is 12.1. The van der Waals surface area contributed by atoms with E-state index in [1.165, 1.54) is 0 Å². The summed E-state index contributed by atoms with van der Waals surface area (Å²) in [6.45, 7) is 0. The van der Waals surface area contributed by atoms with Crippen LogP contribution in [0.1, 0.15) is 11.1 Å². The van der Waals surface area contributed by atoms with Gasteiger partial charge in [-0.15, -0.1) is 0 Å². The summed E-state index contributed by atoms with van der Waals surface area (Å²) in [7, 11) is 0. The van der Waals surface area contributed by atoms with Crippen LogP contribution in [0.3, 0.4) is 0 Å². The number of hydrogen-bond donors (Lipinski definition) is 0. The molecule has 4 nitrogen and oxygen atoms in total. The van der Waals surface area contributed by atoms with Gasteiger partial charge in [0.05, 0.1) is 5.57 Å². The SMILES string of the molecule is O=C1OC(c2ccc(Oc3ccccc3)cc2)=C/C1=C/c1cccnc1. The summed E-state index contributed by atoms with van der Waals surface area (Å²) in [6, 6.07) is 20.7. The quantitative estimate of drug-likeness (QED) is 0.502. The molecule has 0 atom stereocenters. The highest BCUT2D eigenvalue weighted by Gasteiger charge is 2.22. The molecule has 0 radical (unpaired) electrons. The van der Waals surface area contributed by atoms with Gasteiger partial charge in [-0.3, -0.25) is 4.98 Å². The fourth-order valence-corrected chi connectivity index (χ4v) is 2.58. The van der Waals surface area contributed by atoms with Crippen LogP contribution in [0.15, 0.2) is 90.8 Å². The van der Waals surface area contributed by atoms with E-state index < -0.39 is 0 Å². The Labute approximate surface area is 151 Å². The molecule has 1 aliphatic rings. The third-order valence-electron chi connectivity index (χ3n) is 3.85. The van der Waals surface area contributed by atoms with Crippen molar-refractivity contribution in [2.45, 2.75) is 0 Å². The molecule has 3 aromatic rings. The summed E-state index contributed by atoms with van der Waals surface area (Å²) < 4.78 is 11.2. The maximum absolute atomic E-state index is 12.1. The van der Waals surface area contributed by atoms with Crippen molar-refractivity contribution in [1.82, 2.24) is 4.98 Å². The van der Waals surface area contributed by atoms with Crippen LogP contribution in [0.25, 0.3) is 11.8 Å². The van der Waals surface area contributed by atoms with Gasteiger partial charge in [0.2, 0.25) is 0 Å². The van der Waals surface area contributed by atoms with E-state index in [1.807, 2.05) is 66.7 Å². The number of aromatic nitrogens is 1. The minimum atomic E-state index is -0.367. The van der Waals surface area contributed by atoms with Crippen molar-refractivity contribution in [3.63, 3.8) is 0 Å². The first-order valence-electron chi connectivity index (χ1n) is 8.17. The van der Waals surface area contributed by atoms with Crippen molar-refractivity contribution >= 4 is 17.8 Å². The van der Waals surface area contributed by atoms with Crippen LogP contribution in [-0.4, -0.2) is 11.0 Å². The molecule has 4 heteroatoms. The monoisotopic (exact) mass is 341 g/mol. The van der Waals surface area contributed by atoms with Crippen LogP contribution in [0.2, 0.25) is 0 Å². The number of ether oxygens (including phenoxy) is 2. The summed E-state index contributed by atoms with van der Waals surface area (Å²) in [4.78, 5) is 16.1. The predicted octanol–water partition coefficient (Wildman–Crippen LogP) is 4.86. The average Bonchev–Trinajstić information content (AvgIpc) is 3.04. The molecule has 2 aromatic carbocycles. The number of rotatable bonds is 4. The lowest BCUT2D eigenvalue weighted by atomic mass is 10.1. The van der Waals surface area contributed by atoms with Gasteiger partial charge in [-0.2, -0.15) is 0 Å². The van der Waals surface area contributed by atoms with Crippen molar-refractivity contribution in [1.29, 1.82) is 0 Å². The number of nitrogens with zero attached hydrogens (tertiary/aromatic N) is 1. The minimum absolute atomic E-state index is 0.367. The average molecular weight is 341 g/mol. The molecule has 0 N–H and O–H groups in total. The number of pyridine rings is 1. The molecule has 26 heavy (non-hydrogen) atoms. The van der Waals surface area contributed by atoms with Crippen LogP contribution in [-0.2, 0) is 9.53 Å². The van der Waals surface area contributed by atoms with E-state index in [2.05, 4.69) is 4.98 Å². The smallest absolute Gasteiger partial charge is 0.343 e. The van der Waals surface area contributed by atoms with E-state index >= 15 is 0 Å². The second kappa shape index (κ2) is 7.07. The second-order valence-electron chi connectivity index (χ2n) is 5.72. The lowest BCUT2D eigenvalue weighted by Gasteiger charge is -2.06. The van der Waals surface area contributed by atoms with Crippen molar-refractivity contribution in [3.8, 4) is 11.5 Å². The van der Waals surface area contributed by atoms with Crippen LogP contribution in [0.5, 0.6) is 11.5 Å². The Balaban J connectivity index is 1.53. The highest BCUT2D eigenvalue weighted by Crippen LogP contribution is 2.29. The Hall–Kier alpha value is -3.66. The zero-order chi connectivity index (χ0) is 17.8. The summed E-state index contributed by atoms with van der Waals surface area (Å²) in [5, 5.41) is 0. The van der Waals surface area contributed by atoms with Crippen molar-refractivity contribution < 1.29 is 14.3 Å². The number of para-hydroxylation sites is 1. The van der Waals surface area contributed by atoms with E-state index in [0.717, 1.165) is 22.6 Å². The fraction of sp³-hybridized carbons (Fsp3) is 0. The molecule has 4 rings (SSSR count). The van der Waals surface area contributed by atoms with Gasteiger partial charge in [-0.05, 0) is 60.2 Å². The van der Waals surface area contributed by atoms with Gasteiger partial charge < -0.3 is 9.47 Å². The fourth-order valence-electron chi connectivity index (χ4n) is 2.58. The Bertz CT molecular complexity index is 975. The molecule has 1 aromatic heterocycles. The lowest BCUT2D eigenvalue weighted by molar-refractivity contribution is -0.130. The number of carbonyl (C=O) groups is 1. The Morgan fingerprint density at radius 2 is 1.65 bits per heavy atom. The first kappa shape index (κ1) is 15.8. The third kappa shape index (κ3) is 3.54. The lowest BCUT2D eigenvalue weighted by Crippen LogP contribution is -1.97. The minimum Gasteiger partial charge on any atom is -0.457 e. The summed E-state index contributed by atoms with van der Waals surface area (Å²) in [5.41, 5.74) is 2.16. The van der Waals surface area contributed by atoms with Gasteiger partial charge in [0.1, 0.15) is 17.3 Å². The first-order valence-corrected chi connectivity index (χ1v) is 8.17. The van der Waals surface area contributed by atoms with E-state index in [-0.39, 0.29) is 5.97 Å². The molecular formula is C22H15NO3. The van der Waals surface area contributed by atoms with E-state index in [9.17, 15) is 4.79 Å². The number of hydrogen-bond acceptors (Lipinski definition) is 4. The predicted molar refractivity (Wildman–Crippen MR) is 99.2 cm³/mol. The standard InChI is InChI=1S/C22H15NO3/c24-22-18(13-16-5-4-12-23-15-16)14-21(26-22)17-8-10-20(11-9-17)25-19-6-2-1-3-7-19/h1-15H/b18-13-. The van der Waals surface area contributed by atoms with Crippen molar-refractivity contribution in [2.24, 2.45) is 0 Å². The van der Waals surface area contributed by atoms with E-state index in [0.29, 0.717) is 11.3 Å². The van der Waals surface area contributed by atoms with Gasteiger partial charge in [0.25, 0.3) is 0 Å². The molecule has 0 spiro atoms. The van der Waals surface area contributed by atoms with E-state index in [1.54, 1.807) is 24.5 Å². The number of carbonyl (C=O) groups excluding carboxylic acids is 1. The Kier molecular flexibility index (Phi) is 4.31. The third-order valence-corrected chi connectivity index (χ3v) is 3.85. The number of esters is 1. The summed E-state index contributed by atoms with van der Waals surface area (Å²) in [5.74, 6) is 1.65. The molecule has 2 heterocycles. The van der Waals surface area contributed by atoms with Gasteiger partial charge in [-0.25, -0.2) is 4.79 Å². The van der Waals surface area contributed by atoms with Crippen LogP contribution in [0.4, 0.5) is 0 Å². The topological polar surface area (TPSA) is 48.4 Å². The second-order valence-corrected chi connectivity index (χ2v) is 5.72. The molecule has 0 amide bonds. The summed E-state index contributed by atoms with van der Waals surface area (Å²) in [6.07, 6.45) is 6.88. The molecule has 126 valence electrons. The number of cyclic esters (lactones) is 1. The molecule has 0 unspecified atom stereocenters. The molecule has 0 saturated heterocycles. The number of benzene rings is 2. The Morgan fingerprint density at radius 1 is 0.885 bits per heavy atom. The largest absolute Gasteiger partial charge is 0.457 e. The molecule has 0 fully saturated rings. The van der Waals surface area contributed by atoms with Crippen LogP contribution in [0, 0.1) is 0 Å². The summed E-state index contributed by atoms with van der Waals surface area (Å²) >= 11 is 0. The zero-order valence-corrected chi connectivity index (χ0v) is 13.8. The van der Waals surface area contributed by atoms with Crippen LogP contribution >= 0.6 is 0 Å². The van der Waals surface area contributed by atoms with E-state index in [4.69, 9.17) is 9.47 Å².